The zero-order valence-electron chi connectivity index (χ0n) is 14.7. The molecule has 6 nitrogen and oxygen atoms in total. The third-order valence-electron chi connectivity index (χ3n) is 5.42. The molecule has 5 rings (SSSR count). The number of hydrogen-bond donors (Lipinski definition) is 1. The van der Waals surface area contributed by atoms with Crippen molar-refractivity contribution < 1.29 is 13.9 Å². The lowest BCUT2D eigenvalue weighted by atomic mass is 9.95. The van der Waals surface area contributed by atoms with Gasteiger partial charge in [0.25, 0.3) is 0 Å². The van der Waals surface area contributed by atoms with E-state index in [1.807, 2.05) is 24.4 Å². The number of nitrogens with zero attached hydrogens (tertiary/aromatic N) is 3. The highest BCUT2D eigenvalue weighted by Crippen LogP contribution is 2.35. The molecular weight excluding hydrogens is 347 g/mol. The molecule has 0 saturated carbocycles. The zero-order chi connectivity index (χ0) is 18.4. The van der Waals surface area contributed by atoms with Crippen molar-refractivity contribution in [3.8, 4) is 11.1 Å². The first-order valence-corrected chi connectivity index (χ1v) is 9.11. The Hall–Kier alpha value is -2.80. The van der Waals surface area contributed by atoms with Crippen molar-refractivity contribution in [3.63, 3.8) is 0 Å². The Bertz CT molecular complexity index is 1030. The first-order chi connectivity index (χ1) is 13.1. The summed E-state index contributed by atoms with van der Waals surface area (Å²) in [5.41, 5.74) is 2.60. The molecule has 7 heteroatoms. The fourth-order valence-corrected chi connectivity index (χ4v) is 3.83. The molecule has 0 aromatic carbocycles. The van der Waals surface area contributed by atoms with Crippen LogP contribution in [0.5, 0.6) is 0 Å². The minimum absolute atomic E-state index is 0.0580. The third kappa shape index (κ3) is 2.88. The number of alkyl halides is 1. The van der Waals surface area contributed by atoms with Crippen LogP contribution in [-0.2, 0) is 16.0 Å². The Morgan fingerprint density at radius 2 is 1.96 bits per heavy atom. The monoisotopic (exact) mass is 366 g/mol. The number of fused-ring (bicyclic) bond motifs is 2. The molecule has 27 heavy (non-hydrogen) atoms. The van der Waals surface area contributed by atoms with Crippen LogP contribution in [0, 0.1) is 0 Å². The van der Waals surface area contributed by atoms with E-state index in [1.165, 1.54) is 0 Å². The van der Waals surface area contributed by atoms with Crippen LogP contribution in [0.2, 0.25) is 0 Å². The van der Waals surface area contributed by atoms with E-state index in [4.69, 9.17) is 4.74 Å². The maximum atomic E-state index is 15.1. The van der Waals surface area contributed by atoms with E-state index >= 15 is 4.39 Å². The first kappa shape index (κ1) is 16.4. The van der Waals surface area contributed by atoms with Gasteiger partial charge in [-0.15, -0.1) is 0 Å². The van der Waals surface area contributed by atoms with Crippen molar-refractivity contribution in [1.29, 1.82) is 0 Å². The van der Waals surface area contributed by atoms with Crippen LogP contribution in [-0.4, -0.2) is 46.3 Å². The molecule has 2 aliphatic rings. The minimum Gasteiger partial charge on any atom is -0.381 e. The highest BCUT2D eigenvalue weighted by Gasteiger charge is 2.39. The Kier molecular flexibility index (Phi) is 3.72. The number of ether oxygens (including phenoxy) is 1. The SMILES string of the molecule is O=C1Cc2ncc(-c3cnc4[nH]ccc4c3)cc2N1CC1(F)CCOCC1. The van der Waals surface area contributed by atoms with E-state index in [-0.39, 0.29) is 18.9 Å². The van der Waals surface area contributed by atoms with E-state index in [0.29, 0.717) is 37.4 Å². The van der Waals surface area contributed by atoms with Crippen LogP contribution < -0.4 is 4.90 Å². The minimum atomic E-state index is -1.41. The van der Waals surface area contributed by atoms with Crippen molar-refractivity contribution in [1.82, 2.24) is 15.0 Å². The second kappa shape index (κ2) is 6.13. The molecule has 5 heterocycles. The van der Waals surface area contributed by atoms with Gasteiger partial charge < -0.3 is 14.6 Å². The van der Waals surface area contributed by atoms with Crippen molar-refractivity contribution in [3.05, 3.63) is 42.5 Å². The van der Waals surface area contributed by atoms with Gasteiger partial charge in [-0.1, -0.05) is 0 Å². The van der Waals surface area contributed by atoms with Crippen LogP contribution in [0.3, 0.4) is 0 Å². The summed E-state index contributed by atoms with van der Waals surface area (Å²) < 4.78 is 20.4. The molecule has 0 aliphatic carbocycles. The lowest BCUT2D eigenvalue weighted by Gasteiger charge is -2.33. The van der Waals surface area contributed by atoms with E-state index in [1.54, 1.807) is 17.3 Å². The van der Waals surface area contributed by atoms with Gasteiger partial charge in [-0.3, -0.25) is 9.78 Å². The molecule has 0 spiro atoms. The Morgan fingerprint density at radius 1 is 1.19 bits per heavy atom. The van der Waals surface area contributed by atoms with Gasteiger partial charge in [-0.2, -0.15) is 0 Å². The molecular formula is C20H19FN4O2. The fourth-order valence-electron chi connectivity index (χ4n) is 3.83. The summed E-state index contributed by atoms with van der Waals surface area (Å²) in [5, 5.41) is 1.01. The molecule has 1 N–H and O–H groups in total. The normalized spacial score (nSPS) is 18.9. The topological polar surface area (TPSA) is 71.1 Å². The smallest absolute Gasteiger partial charge is 0.233 e. The number of hydrogen-bond acceptors (Lipinski definition) is 4. The summed E-state index contributed by atoms with van der Waals surface area (Å²) in [6.45, 7) is 0.848. The standard InChI is InChI=1S/C20H19FN4O2/c21-20(2-5-27-6-3-20)12-25-17-8-15(10-23-16(17)9-18(25)26)14-7-13-1-4-22-19(13)24-11-14/h1,4,7-8,10-11H,2-3,5-6,9,12H2,(H,22,24). The van der Waals surface area contributed by atoms with Gasteiger partial charge in [0, 0.05) is 61.2 Å². The molecule has 1 amide bonds. The quantitative estimate of drug-likeness (QED) is 0.773. The number of nitrogens with one attached hydrogen (secondary N) is 1. The number of amides is 1. The third-order valence-corrected chi connectivity index (χ3v) is 5.42. The predicted molar refractivity (Wildman–Crippen MR) is 99.3 cm³/mol. The molecule has 3 aromatic rings. The molecule has 3 aromatic heterocycles. The van der Waals surface area contributed by atoms with Crippen molar-refractivity contribution in [2.24, 2.45) is 0 Å². The maximum absolute atomic E-state index is 15.1. The van der Waals surface area contributed by atoms with Gasteiger partial charge in [-0.25, -0.2) is 9.37 Å². The number of carbonyl (C=O) groups is 1. The zero-order valence-corrected chi connectivity index (χ0v) is 14.7. The summed E-state index contributed by atoms with van der Waals surface area (Å²) in [5.74, 6) is -0.0996. The predicted octanol–water partition coefficient (Wildman–Crippen LogP) is 3.03. The summed E-state index contributed by atoms with van der Waals surface area (Å²) in [6, 6.07) is 5.91. The van der Waals surface area contributed by atoms with Crippen molar-refractivity contribution in [2.45, 2.75) is 24.9 Å². The van der Waals surface area contributed by atoms with E-state index in [0.717, 1.165) is 22.2 Å². The lowest BCUT2D eigenvalue weighted by molar-refractivity contribution is -0.118. The van der Waals surface area contributed by atoms with Crippen molar-refractivity contribution >= 4 is 22.6 Å². The summed E-state index contributed by atoms with van der Waals surface area (Å²) in [4.78, 5) is 26.0. The number of H-pyrrole nitrogens is 1. The molecule has 0 unspecified atom stereocenters. The average molecular weight is 366 g/mol. The molecule has 0 radical (unpaired) electrons. The van der Waals surface area contributed by atoms with Crippen LogP contribution in [0.1, 0.15) is 18.5 Å². The molecule has 1 fully saturated rings. The van der Waals surface area contributed by atoms with Gasteiger partial charge in [0.2, 0.25) is 5.91 Å². The maximum Gasteiger partial charge on any atom is 0.233 e. The lowest BCUT2D eigenvalue weighted by Crippen LogP contribution is -2.45. The number of aromatic nitrogens is 3. The Balaban J connectivity index is 1.49. The number of rotatable bonds is 3. The highest BCUT2D eigenvalue weighted by atomic mass is 19.1. The second-order valence-electron chi connectivity index (χ2n) is 7.25. The number of carbonyl (C=O) groups excluding carboxylic acids is 1. The van der Waals surface area contributed by atoms with Gasteiger partial charge in [0.05, 0.1) is 24.3 Å². The van der Waals surface area contributed by atoms with Crippen LogP contribution in [0.25, 0.3) is 22.2 Å². The number of anilines is 1. The van der Waals surface area contributed by atoms with Crippen LogP contribution in [0.4, 0.5) is 10.1 Å². The molecule has 0 atom stereocenters. The summed E-state index contributed by atoms with van der Waals surface area (Å²) in [7, 11) is 0. The van der Waals surface area contributed by atoms with Crippen LogP contribution >= 0.6 is 0 Å². The van der Waals surface area contributed by atoms with E-state index in [9.17, 15) is 4.79 Å². The van der Waals surface area contributed by atoms with Crippen molar-refractivity contribution in [2.75, 3.05) is 24.7 Å². The number of pyridine rings is 2. The van der Waals surface area contributed by atoms with Gasteiger partial charge in [-0.05, 0) is 18.2 Å². The van der Waals surface area contributed by atoms with Crippen LogP contribution in [0.15, 0.2) is 36.8 Å². The Labute approximate surface area is 155 Å². The number of halogens is 1. The van der Waals surface area contributed by atoms with E-state index in [2.05, 4.69) is 15.0 Å². The Morgan fingerprint density at radius 3 is 2.81 bits per heavy atom. The largest absolute Gasteiger partial charge is 0.381 e. The molecule has 1 saturated heterocycles. The fraction of sp³-hybridized carbons (Fsp3) is 0.350. The number of aromatic amines is 1. The second-order valence-corrected chi connectivity index (χ2v) is 7.25. The summed E-state index contributed by atoms with van der Waals surface area (Å²) in [6.07, 6.45) is 6.22. The molecule has 2 aliphatic heterocycles. The molecule has 0 bridgehead atoms. The average Bonchev–Trinajstić information content (AvgIpc) is 3.26. The highest BCUT2D eigenvalue weighted by molar-refractivity contribution is 6.01. The van der Waals surface area contributed by atoms with Gasteiger partial charge in [0.1, 0.15) is 11.3 Å². The first-order valence-electron chi connectivity index (χ1n) is 9.11. The van der Waals surface area contributed by atoms with Gasteiger partial charge in [0.15, 0.2) is 0 Å². The molecule has 138 valence electrons. The summed E-state index contributed by atoms with van der Waals surface area (Å²) >= 11 is 0. The van der Waals surface area contributed by atoms with Gasteiger partial charge >= 0.3 is 0 Å². The van der Waals surface area contributed by atoms with E-state index < -0.39 is 5.67 Å².